The van der Waals surface area contributed by atoms with E-state index in [1.165, 1.54) is 0 Å². The van der Waals surface area contributed by atoms with Gasteiger partial charge in [0.05, 0.1) is 13.2 Å². The summed E-state index contributed by atoms with van der Waals surface area (Å²) in [7, 11) is 0. The van der Waals surface area contributed by atoms with Crippen molar-refractivity contribution in [2.75, 3.05) is 52.5 Å². The minimum absolute atomic E-state index is 0.453. The van der Waals surface area contributed by atoms with Gasteiger partial charge in [0.25, 0.3) is 0 Å². The maximum atomic E-state index is 5.38. The maximum absolute atomic E-state index is 5.38. The van der Waals surface area contributed by atoms with Gasteiger partial charge in [-0.15, -0.1) is 0 Å². The van der Waals surface area contributed by atoms with Crippen LogP contribution in [-0.4, -0.2) is 73.1 Å². The molecule has 2 N–H and O–H groups in total. The summed E-state index contributed by atoms with van der Waals surface area (Å²) in [6.07, 6.45) is 4.93. The Kier molecular flexibility index (Phi) is 8.62. The monoisotopic (exact) mass is 336 g/mol. The van der Waals surface area contributed by atoms with Crippen molar-refractivity contribution >= 4 is 5.96 Å². The third-order valence-corrected chi connectivity index (χ3v) is 4.01. The number of ether oxygens (including phenoxy) is 1. The second kappa shape index (κ2) is 11.0. The first-order valence-corrected chi connectivity index (χ1v) is 9.07. The number of aromatic nitrogens is 2. The Labute approximate surface area is 145 Å². The topological polar surface area (TPSA) is 66.7 Å². The summed E-state index contributed by atoms with van der Waals surface area (Å²) in [6.45, 7) is 12.8. The molecule has 0 aromatic carbocycles. The summed E-state index contributed by atoms with van der Waals surface area (Å²) in [5, 5.41) is 11.0. The van der Waals surface area contributed by atoms with Crippen LogP contribution in [0.2, 0.25) is 0 Å². The molecule has 1 aromatic rings. The molecule has 2 heterocycles. The molecule has 1 unspecified atom stereocenters. The first kappa shape index (κ1) is 18.7. The molecule has 1 saturated heterocycles. The van der Waals surface area contributed by atoms with Crippen molar-refractivity contribution in [3.05, 3.63) is 18.5 Å². The van der Waals surface area contributed by atoms with Gasteiger partial charge in [-0.1, -0.05) is 6.92 Å². The van der Waals surface area contributed by atoms with E-state index in [0.717, 1.165) is 71.4 Å². The highest BCUT2D eigenvalue weighted by Gasteiger charge is 2.09. The van der Waals surface area contributed by atoms with Crippen molar-refractivity contribution in [2.24, 2.45) is 10.9 Å². The molecule has 0 saturated carbocycles. The van der Waals surface area contributed by atoms with Gasteiger partial charge in [0, 0.05) is 51.7 Å². The van der Waals surface area contributed by atoms with Crippen LogP contribution in [0.3, 0.4) is 0 Å². The SMILES string of the molecule is CCNC(=NCC(C)Cn1cccn1)NCCCN1CCOCC1. The van der Waals surface area contributed by atoms with Gasteiger partial charge >= 0.3 is 0 Å². The number of nitrogens with zero attached hydrogens (tertiary/aromatic N) is 4. The van der Waals surface area contributed by atoms with Crippen LogP contribution in [-0.2, 0) is 11.3 Å². The van der Waals surface area contributed by atoms with Crippen LogP contribution in [0.4, 0.5) is 0 Å². The van der Waals surface area contributed by atoms with Gasteiger partial charge in [-0.25, -0.2) is 0 Å². The van der Waals surface area contributed by atoms with Crippen LogP contribution in [0, 0.1) is 5.92 Å². The lowest BCUT2D eigenvalue weighted by Crippen LogP contribution is -2.41. The van der Waals surface area contributed by atoms with Gasteiger partial charge in [0.1, 0.15) is 0 Å². The Morgan fingerprint density at radius 2 is 2.17 bits per heavy atom. The molecule has 1 aliphatic rings. The number of guanidine groups is 1. The standard InChI is InChI=1S/C17H32N6O/c1-3-18-17(19-6-4-8-22-10-12-24-13-11-22)20-14-16(2)15-23-9-5-7-21-23/h5,7,9,16H,3-4,6,8,10-15H2,1-2H3,(H2,18,19,20). The second-order valence-corrected chi connectivity index (χ2v) is 6.29. The molecular weight excluding hydrogens is 304 g/mol. The zero-order valence-electron chi connectivity index (χ0n) is 15.1. The molecule has 1 aromatic heterocycles. The van der Waals surface area contributed by atoms with Crippen LogP contribution in [0.5, 0.6) is 0 Å². The average molecular weight is 336 g/mol. The molecule has 136 valence electrons. The Bertz CT molecular complexity index is 456. The number of morpholine rings is 1. The third kappa shape index (κ3) is 7.31. The molecule has 7 nitrogen and oxygen atoms in total. The number of rotatable bonds is 9. The van der Waals surface area contributed by atoms with E-state index in [2.05, 4.69) is 34.5 Å². The maximum Gasteiger partial charge on any atom is 0.191 e. The summed E-state index contributed by atoms with van der Waals surface area (Å²) in [5.41, 5.74) is 0. The fourth-order valence-electron chi connectivity index (χ4n) is 2.71. The molecule has 1 atom stereocenters. The van der Waals surface area contributed by atoms with E-state index >= 15 is 0 Å². The summed E-state index contributed by atoms with van der Waals surface area (Å²) in [4.78, 5) is 7.16. The normalized spacial score (nSPS) is 17.7. The van der Waals surface area contributed by atoms with Crippen LogP contribution in [0.1, 0.15) is 20.3 Å². The number of hydrogen-bond acceptors (Lipinski definition) is 4. The number of hydrogen-bond donors (Lipinski definition) is 2. The number of aliphatic imine (C=N–C) groups is 1. The van der Waals surface area contributed by atoms with Crippen LogP contribution < -0.4 is 10.6 Å². The molecule has 0 spiro atoms. The smallest absolute Gasteiger partial charge is 0.191 e. The van der Waals surface area contributed by atoms with Crippen molar-refractivity contribution in [1.29, 1.82) is 0 Å². The summed E-state index contributed by atoms with van der Waals surface area (Å²) in [6, 6.07) is 1.95. The van der Waals surface area contributed by atoms with Crippen molar-refractivity contribution in [3.63, 3.8) is 0 Å². The van der Waals surface area contributed by atoms with Crippen molar-refractivity contribution in [3.8, 4) is 0 Å². The van der Waals surface area contributed by atoms with Gasteiger partial charge < -0.3 is 15.4 Å². The van der Waals surface area contributed by atoms with Crippen molar-refractivity contribution < 1.29 is 4.74 Å². The summed E-state index contributed by atoms with van der Waals surface area (Å²) < 4.78 is 7.34. The zero-order valence-corrected chi connectivity index (χ0v) is 15.1. The van der Waals surface area contributed by atoms with Gasteiger partial charge in [-0.2, -0.15) is 5.10 Å². The minimum Gasteiger partial charge on any atom is -0.379 e. The molecule has 2 rings (SSSR count). The fraction of sp³-hybridized carbons (Fsp3) is 0.765. The highest BCUT2D eigenvalue weighted by atomic mass is 16.5. The molecular formula is C17H32N6O. The Balaban J connectivity index is 1.65. The van der Waals surface area contributed by atoms with E-state index in [-0.39, 0.29) is 0 Å². The highest BCUT2D eigenvalue weighted by molar-refractivity contribution is 5.79. The lowest BCUT2D eigenvalue weighted by atomic mass is 10.2. The molecule has 0 aliphatic carbocycles. The van der Waals surface area contributed by atoms with Gasteiger partial charge in [0.15, 0.2) is 5.96 Å². The van der Waals surface area contributed by atoms with Crippen molar-refractivity contribution in [2.45, 2.75) is 26.8 Å². The Morgan fingerprint density at radius 1 is 1.33 bits per heavy atom. The minimum atomic E-state index is 0.453. The average Bonchev–Trinajstić information content (AvgIpc) is 3.10. The van der Waals surface area contributed by atoms with E-state index in [1.54, 1.807) is 0 Å². The first-order chi connectivity index (χ1) is 11.8. The molecule has 0 radical (unpaired) electrons. The fourth-order valence-corrected chi connectivity index (χ4v) is 2.71. The predicted molar refractivity (Wildman–Crippen MR) is 97.2 cm³/mol. The third-order valence-electron chi connectivity index (χ3n) is 4.01. The van der Waals surface area contributed by atoms with E-state index in [1.807, 2.05) is 23.1 Å². The molecule has 0 bridgehead atoms. The van der Waals surface area contributed by atoms with E-state index < -0.39 is 0 Å². The van der Waals surface area contributed by atoms with Crippen LogP contribution in [0.15, 0.2) is 23.5 Å². The lowest BCUT2D eigenvalue weighted by Gasteiger charge is -2.26. The van der Waals surface area contributed by atoms with Crippen molar-refractivity contribution in [1.82, 2.24) is 25.3 Å². The molecule has 1 aliphatic heterocycles. The van der Waals surface area contributed by atoms with Crippen LogP contribution in [0.25, 0.3) is 0 Å². The summed E-state index contributed by atoms with van der Waals surface area (Å²) >= 11 is 0. The number of nitrogens with one attached hydrogen (secondary N) is 2. The quantitative estimate of drug-likeness (QED) is 0.397. The van der Waals surface area contributed by atoms with Crippen LogP contribution >= 0.6 is 0 Å². The van der Waals surface area contributed by atoms with E-state index in [9.17, 15) is 0 Å². The molecule has 7 heteroatoms. The largest absolute Gasteiger partial charge is 0.379 e. The van der Waals surface area contributed by atoms with Gasteiger partial charge in [0.2, 0.25) is 0 Å². The Morgan fingerprint density at radius 3 is 2.88 bits per heavy atom. The lowest BCUT2D eigenvalue weighted by molar-refractivity contribution is 0.0376. The molecule has 24 heavy (non-hydrogen) atoms. The molecule has 1 fully saturated rings. The van der Waals surface area contributed by atoms with E-state index in [4.69, 9.17) is 9.73 Å². The molecule has 0 amide bonds. The van der Waals surface area contributed by atoms with Gasteiger partial charge in [-0.05, 0) is 31.9 Å². The van der Waals surface area contributed by atoms with E-state index in [0.29, 0.717) is 5.92 Å². The predicted octanol–water partition coefficient (Wildman–Crippen LogP) is 0.797. The Hall–Kier alpha value is -1.60. The zero-order chi connectivity index (χ0) is 17.0. The van der Waals surface area contributed by atoms with Gasteiger partial charge in [-0.3, -0.25) is 14.6 Å². The first-order valence-electron chi connectivity index (χ1n) is 9.07. The highest BCUT2D eigenvalue weighted by Crippen LogP contribution is 2.00. The summed E-state index contributed by atoms with van der Waals surface area (Å²) in [5.74, 6) is 1.36. The second-order valence-electron chi connectivity index (χ2n) is 6.29.